The molecule has 0 unspecified atom stereocenters. The van der Waals surface area contributed by atoms with Gasteiger partial charge in [-0.3, -0.25) is 19.5 Å². The average Bonchev–Trinajstić information content (AvgIpc) is 3.65. The third kappa shape index (κ3) is 4.48. The Morgan fingerprint density at radius 3 is 2.79 bits per heavy atom. The van der Waals surface area contributed by atoms with Gasteiger partial charge in [0.2, 0.25) is 0 Å². The molecule has 0 fully saturated rings. The minimum Gasteiger partial charge on any atom is -0.496 e. The highest BCUT2D eigenvalue weighted by Crippen LogP contribution is 2.35. The number of allylic oxidation sites excluding steroid dienone is 1. The number of fused-ring (bicyclic) bond motifs is 1. The summed E-state index contributed by atoms with van der Waals surface area (Å²) in [5.41, 5.74) is 0.953. The zero-order chi connectivity index (χ0) is 27.0. The highest BCUT2D eigenvalue weighted by molar-refractivity contribution is 7.10. The molecule has 0 radical (unpaired) electrons. The van der Waals surface area contributed by atoms with Gasteiger partial charge in [-0.25, -0.2) is 9.79 Å². The van der Waals surface area contributed by atoms with E-state index in [2.05, 4.69) is 4.99 Å². The molecule has 12 heteroatoms. The van der Waals surface area contributed by atoms with Crippen molar-refractivity contribution in [2.75, 3.05) is 13.7 Å². The monoisotopic (exact) mass is 551 g/mol. The molecule has 0 saturated carbocycles. The Labute approximate surface area is 223 Å². The van der Waals surface area contributed by atoms with Crippen molar-refractivity contribution in [3.8, 4) is 17.1 Å². The lowest BCUT2D eigenvalue weighted by Crippen LogP contribution is -2.39. The summed E-state index contributed by atoms with van der Waals surface area (Å²) in [6, 6.07) is 10.7. The molecule has 1 aliphatic rings. The molecule has 0 spiro atoms. The molecule has 0 saturated heterocycles. The van der Waals surface area contributed by atoms with Gasteiger partial charge in [0.05, 0.1) is 46.1 Å². The maximum absolute atomic E-state index is 13.6. The number of nitrogens with zero attached hydrogens (tertiary/aromatic N) is 3. The van der Waals surface area contributed by atoms with Crippen molar-refractivity contribution in [1.29, 1.82) is 0 Å². The summed E-state index contributed by atoms with van der Waals surface area (Å²) < 4.78 is 18.5. The maximum Gasteiger partial charge on any atom is 0.338 e. The first-order valence-electron chi connectivity index (χ1n) is 11.5. The van der Waals surface area contributed by atoms with Gasteiger partial charge in [-0.15, -0.1) is 11.3 Å². The van der Waals surface area contributed by atoms with Crippen molar-refractivity contribution < 1.29 is 23.6 Å². The number of carbonyl (C=O) groups is 1. The number of esters is 1. The molecule has 1 aliphatic heterocycles. The van der Waals surface area contributed by atoms with Crippen molar-refractivity contribution in [3.05, 3.63) is 99.6 Å². The molecule has 0 N–H and O–H groups in total. The summed E-state index contributed by atoms with van der Waals surface area (Å²) in [6.07, 6.45) is 1.61. The Morgan fingerprint density at radius 1 is 1.29 bits per heavy atom. The number of carbonyl (C=O) groups excluding carboxylic acids is 1. The fourth-order valence-electron chi connectivity index (χ4n) is 4.21. The summed E-state index contributed by atoms with van der Waals surface area (Å²) in [4.78, 5) is 42.9. The number of aromatic nitrogens is 1. The third-order valence-corrected chi connectivity index (χ3v) is 7.80. The van der Waals surface area contributed by atoms with Crippen molar-refractivity contribution in [2.45, 2.75) is 19.9 Å². The first-order valence-corrected chi connectivity index (χ1v) is 13.2. The molecule has 3 aromatic heterocycles. The van der Waals surface area contributed by atoms with Gasteiger partial charge >= 0.3 is 5.97 Å². The minimum absolute atomic E-state index is 0.101. The standard InChI is InChI=1S/C26H21N3O7S2/c1-4-35-25(31)22-14(2)27-26-28(23(22)20-6-5-11-37-20)24(30)21(38-26)13-16-8-10-18(36-16)17-9-7-15(29(32)33)12-19(17)34-3/h5-13,23H,4H2,1-3H3/b21-13-/t23-/m0/s1. The molecule has 5 rings (SSSR count). The summed E-state index contributed by atoms with van der Waals surface area (Å²) in [6.45, 7) is 3.67. The number of thiophene rings is 1. The first-order chi connectivity index (χ1) is 18.3. The summed E-state index contributed by atoms with van der Waals surface area (Å²) >= 11 is 2.64. The number of methoxy groups -OCH3 is 1. The number of non-ortho nitro benzene ring substituents is 1. The van der Waals surface area contributed by atoms with Crippen LogP contribution in [0.2, 0.25) is 0 Å². The Morgan fingerprint density at radius 2 is 2.11 bits per heavy atom. The van der Waals surface area contributed by atoms with E-state index in [0.29, 0.717) is 37.7 Å². The molecule has 0 aliphatic carbocycles. The van der Waals surface area contributed by atoms with E-state index >= 15 is 0 Å². The number of nitro groups is 1. The maximum atomic E-state index is 13.6. The van der Waals surface area contributed by atoms with E-state index in [1.807, 2.05) is 17.5 Å². The van der Waals surface area contributed by atoms with Crippen LogP contribution in [-0.2, 0) is 9.53 Å². The molecular weight excluding hydrogens is 530 g/mol. The lowest BCUT2D eigenvalue weighted by Gasteiger charge is -2.23. The van der Waals surface area contributed by atoms with E-state index in [4.69, 9.17) is 13.9 Å². The first kappa shape index (κ1) is 25.4. The van der Waals surface area contributed by atoms with Gasteiger partial charge in [-0.1, -0.05) is 17.4 Å². The normalized spacial score (nSPS) is 15.2. The lowest BCUT2D eigenvalue weighted by atomic mass is 10.0. The Hall–Kier alpha value is -4.29. The highest BCUT2D eigenvalue weighted by Gasteiger charge is 2.33. The van der Waals surface area contributed by atoms with Crippen molar-refractivity contribution in [2.24, 2.45) is 4.99 Å². The molecule has 4 aromatic rings. The molecule has 0 bridgehead atoms. The van der Waals surface area contributed by atoms with Gasteiger partial charge in [0.25, 0.3) is 11.2 Å². The highest BCUT2D eigenvalue weighted by atomic mass is 32.1. The van der Waals surface area contributed by atoms with E-state index in [0.717, 1.165) is 4.88 Å². The SMILES string of the molecule is CCOC(=O)C1=C(C)N=c2s/c(=C\c3ccc(-c4ccc([N+](=O)[O-])cc4OC)o3)c(=O)n2[C@H]1c1cccs1. The number of thiazole rings is 1. The van der Waals surface area contributed by atoms with Gasteiger partial charge in [0.15, 0.2) is 4.80 Å². The zero-order valence-corrected chi connectivity index (χ0v) is 22.1. The van der Waals surface area contributed by atoms with Crippen molar-refractivity contribution in [3.63, 3.8) is 0 Å². The molecule has 38 heavy (non-hydrogen) atoms. The molecule has 10 nitrogen and oxygen atoms in total. The molecule has 1 aromatic carbocycles. The number of furan rings is 1. The van der Waals surface area contributed by atoms with Crippen LogP contribution in [0.4, 0.5) is 5.69 Å². The predicted octanol–water partition coefficient (Wildman–Crippen LogP) is 4.04. The topological polar surface area (TPSA) is 126 Å². The van der Waals surface area contributed by atoms with Crippen molar-refractivity contribution >= 4 is 40.4 Å². The van der Waals surface area contributed by atoms with Crippen LogP contribution in [0.1, 0.15) is 30.5 Å². The zero-order valence-electron chi connectivity index (χ0n) is 20.5. The average molecular weight is 552 g/mol. The van der Waals surface area contributed by atoms with Crippen LogP contribution in [-0.4, -0.2) is 29.2 Å². The number of hydrogen-bond acceptors (Lipinski definition) is 10. The van der Waals surface area contributed by atoms with Crippen LogP contribution in [0.15, 0.2) is 73.3 Å². The lowest BCUT2D eigenvalue weighted by molar-refractivity contribution is -0.384. The number of nitro benzene ring substituents is 1. The Balaban J connectivity index is 1.59. The predicted molar refractivity (Wildman–Crippen MR) is 142 cm³/mol. The Bertz CT molecular complexity index is 1760. The minimum atomic E-state index is -0.649. The Kier molecular flexibility index (Phi) is 6.83. The van der Waals surface area contributed by atoms with Crippen LogP contribution in [0.3, 0.4) is 0 Å². The third-order valence-electron chi connectivity index (χ3n) is 5.89. The second-order valence-corrected chi connectivity index (χ2v) is 10.1. The van der Waals surface area contributed by atoms with E-state index in [9.17, 15) is 19.7 Å². The number of benzene rings is 1. The van der Waals surface area contributed by atoms with Crippen LogP contribution >= 0.6 is 22.7 Å². The van der Waals surface area contributed by atoms with Crippen molar-refractivity contribution in [1.82, 2.24) is 4.57 Å². The van der Waals surface area contributed by atoms with Crippen LogP contribution in [0, 0.1) is 10.1 Å². The van der Waals surface area contributed by atoms with Gasteiger partial charge in [0, 0.05) is 17.0 Å². The van der Waals surface area contributed by atoms with E-state index in [1.165, 1.54) is 46.5 Å². The fourth-order valence-corrected chi connectivity index (χ4v) is 6.06. The van der Waals surface area contributed by atoms with Crippen LogP contribution < -0.4 is 19.6 Å². The van der Waals surface area contributed by atoms with Gasteiger partial charge in [0.1, 0.15) is 23.3 Å². The van der Waals surface area contributed by atoms with Gasteiger partial charge < -0.3 is 13.9 Å². The second kappa shape index (κ2) is 10.2. The number of ether oxygens (including phenoxy) is 2. The number of rotatable bonds is 7. The smallest absolute Gasteiger partial charge is 0.338 e. The van der Waals surface area contributed by atoms with E-state index in [1.54, 1.807) is 38.1 Å². The van der Waals surface area contributed by atoms with E-state index in [-0.39, 0.29) is 23.6 Å². The molecule has 4 heterocycles. The largest absolute Gasteiger partial charge is 0.496 e. The molecule has 0 amide bonds. The van der Waals surface area contributed by atoms with Gasteiger partial charge in [-0.05, 0) is 43.5 Å². The fraction of sp³-hybridized carbons (Fsp3) is 0.192. The summed E-state index contributed by atoms with van der Waals surface area (Å²) in [5, 5.41) is 13.0. The number of hydrogen-bond donors (Lipinski definition) is 0. The second-order valence-electron chi connectivity index (χ2n) is 8.16. The van der Waals surface area contributed by atoms with Crippen LogP contribution in [0.5, 0.6) is 5.75 Å². The van der Waals surface area contributed by atoms with Crippen LogP contribution in [0.25, 0.3) is 17.4 Å². The molecule has 194 valence electrons. The molecule has 1 atom stereocenters. The van der Waals surface area contributed by atoms with Gasteiger partial charge in [-0.2, -0.15) is 0 Å². The van der Waals surface area contributed by atoms with E-state index < -0.39 is 16.9 Å². The molecular formula is C26H21N3O7S2. The summed E-state index contributed by atoms with van der Waals surface area (Å²) in [7, 11) is 1.42. The summed E-state index contributed by atoms with van der Waals surface area (Å²) in [5.74, 6) is 0.610. The quantitative estimate of drug-likeness (QED) is 0.193.